The molecule has 11 heteroatoms. The highest BCUT2D eigenvalue weighted by atomic mass is 32.2. The SMILES string of the molecule is COc1ccc(S(=O)(=O)NCCNc2ccc(-n3nc(C)c(C)c3C)nn2)cc1F. The van der Waals surface area contributed by atoms with Crippen LogP contribution in [0.15, 0.2) is 35.2 Å². The van der Waals surface area contributed by atoms with Crippen molar-refractivity contribution in [1.82, 2.24) is 24.7 Å². The smallest absolute Gasteiger partial charge is 0.240 e. The lowest BCUT2D eigenvalue weighted by atomic mass is 10.2. The Morgan fingerprint density at radius 3 is 2.43 bits per heavy atom. The van der Waals surface area contributed by atoms with Crippen molar-refractivity contribution in [2.24, 2.45) is 0 Å². The maximum Gasteiger partial charge on any atom is 0.240 e. The van der Waals surface area contributed by atoms with Crippen molar-refractivity contribution in [1.29, 1.82) is 0 Å². The van der Waals surface area contributed by atoms with E-state index in [9.17, 15) is 12.8 Å². The monoisotopic (exact) mass is 434 g/mol. The van der Waals surface area contributed by atoms with E-state index in [1.54, 1.807) is 16.8 Å². The standard InChI is InChI=1S/C19H23FN6O3S/c1-12-13(2)25-26(14(12)3)19-8-7-18(23-24-19)21-9-10-22-30(27,28)15-5-6-17(29-4)16(20)11-15/h5-8,11,22H,9-10H2,1-4H3,(H,21,23). The van der Waals surface area contributed by atoms with E-state index >= 15 is 0 Å². The van der Waals surface area contributed by atoms with E-state index in [0.717, 1.165) is 23.0 Å². The number of anilines is 1. The highest BCUT2D eigenvalue weighted by Gasteiger charge is 2.16. The molecule has 2 N–H and O–H groups in total. The Labute approximate surface area is 174 Å². The van der Waals surface area contributed by atoms with Crippen LogP contribution < -0.4 is 14.8 Å². The zero-order valence-electron chi connectivity index (χ0n) is 17.1. The first-order valence-electron chi connectivity index (χ1n) is 9.17. The van der Waals surface area contributed by atoms with E-state index in [-0.39, 0.29) is 23.7 Å². The third kappa shape index (κ3) is 4.57. The normalized spacial score (nSPS) is 11.5. The lowest BCUT2D eigenvalue weighted by Gasteiger charge is -2.10. The average molecular weight is 434 g/mol. The molecule has 0 aliphatic rings. The van der Waals surface area contributed by atoms with Crippen LogP contribution in [0.4, 0.5) is 10.2 Å². The summed E-state index contributed by atoms with van der Waals surface area (Å²) in [4.78, 5) is -0.176. The Balaban J connectivity index is 1.56. The van der Waals surface area contributed by atoms with Gasteiger partial charge in [0.05, 0.1) is 17.7 Å². The third-order valence-electron chi connectivity index (χ3n) is 4.68. The van der Waals surface area contributed by atoms with Crippen LogP contribution in [-0.2, 0) is 10.0 Å². The number of hydrogen-bond acceptors (Lipinski definition) is 7. The van der Waals surface area contributed by atoms with Crippen molar-refractivity contribution in [3.8, 4) is 11.6 Å². The molecule has 0 aliphatic carbocycles. The molecule has 0 radical (unpaired) electrons. The number of hydrogen-bond donors (Lipinski definition) is 2. The van der Waals surface area contributed by atoms with Crippen molar-refractivity contribution in [2.45, 2.75) is 25.7 Å². The molecule has 3 rings (SSSR count). The van der Waals surface area contributed by atoms with Gasteiger partial charge in [-0.25, -0.2) is 22.2 Å². The van der Waals surface area contributed by atoms with Crippen molar-refractivity contribution >= 4 is 15.8 Å². The molecule has 0 spiro atoms. The number of aromatic nitrogens is 4. The Bertz CT molecular complexity index is 1150. The van der Waals surface area contributed by atoms with E-state index in [4.69, 9.17) is 4.74 Å². The van der Waals surface area contributed by atoms with E-state index < -0.39 is 15.8 Å². The van der Waals surface area contributed by atoms with Gasteiger partial charge in [-0.3, -0.25) is 0 Å². The van der Waals surface area contributed by atoms with Gasteiger partial charge in [0.25, 0.3) is 0 Å². The molecule has 30 heavy (non-hydrogen) atoms. The average Bonchev–Trinajstić information content (AvgIpc) is 2.99. The molecule has 1 aromatic carbocycles. The maximum absolute atomic E-state index is 13.7. The summed E-state index contributed by atoms with van der Waals surface area (Å²) < 4.78 is 47.2. The molecule has 0 fully saturated rings. The Morgan fingerprint density at radius 2 is 1.87 bits per heavy atom. The van der Waals surface area contributed by atoms with Gasteiger partial charge in [0, 0.05) is 18.8 Å². The first-order valence-corrected chi connectivity index (χ1v) is 10.6. The topological polar surface area (TPSA) is 111 Å². The van der Waals surface area contributed by atoms with Crippen LogP contribution in [0, 0.1) is 26.6 Å². The molecule has 2 aromatic heterocycles. The second-order valence-electron chi connectivity index (χ2n) is 6.61. The second kappa shape index (κ2) is 8.76. The number of rotatable bonds is 8. The van der Waals surface area contributed by atoms with Crippen molar-refractivity contribution < 1.29 is 17.5 Å². The number of halogens is 1. The highest BCUT2D eigenvalue weighted by molar-refractivity contribution is 7.89. The fourth-order valence-electron chi connectivity index (χ4n) is 2.75. The van der Waals surface area contributed by atoms with Gasteiger partial charge < -0.3 is 10.1 Å². The number of methoxy groups -OCH3 is 1. The van der Waals surface area contributed by atoms with Gasteiger partial charge in [0.2, 0.25) is 10.0 Å². The molecule has 0 amide bonds. The number of ether oxygens (including phenoxy) is 1. The summed E-state index contributed by atoms with van der Waals surface area (Å²) in [6, 6.07) is 6.98. The molecule has 0 aliphatic heterocycles. The third-order valence-corrected chi connectivity index (χ3v) is 6.14. The summed E-state index contributed by atoms with van der Waals surface area (Å²) in [5, 5.41) is 15.7. The number of nitrogens with one attached hydrogen (secondary N) is 2. The molecule has 0 saturated carbocycles. The number of sulfonamides is 1. The number of aryl methyl sites for hydroxylation is 1. The predicted molar refractivity (Wildman–Crippen MR) is 110 cm³/mol. The molecule has 3 aromatic rings. The van der Waals surface area contributed by atoms with E-state index in [2.05, 4.69) is 25.3 Å². The van der Waals surface area contributed by atoms with Crippen LogP contribution in [0.3, 0.4) is 0 Å². The van der Waals surface area contributed by atoms with Crippen LogP contribution in [0.1, 0.15) is 17.0 Å². The zero-order valence-corrected chi connectivity index (χ0v) is 17.9. The van der Waals surface area contributed by atoms with Gasteiger partial charge in [0.15, 0.2) is 17.4 Å². The Morgan fingerprint density at radius 1 is 1.10 bits per heavy atom. The van der Waals surface area contributed by atoms with Crippen LogP contribution in [0.25, 0.3) is 5.82 Å². The second-order valence-corrected chi connectivity index (χ2v) is 8.37. The summed E-state index contributed by atoms with van der Waals surface area (Å²) in [5.41, 5.74) is 3.02. The lowest BCUT2D eigenvalue weighted by Crippen LogP contribution is -2.29. The van der Waals surface area contributed by atoms with Gasteiger partial charge in [-0.1, -0.05) is 0 Å². The molecule has 2 heterocycles. The summed E-state index contributed by atoms with van der Waals surface area (Å²) in [7, 11) is -2.53. The summed E-state index contributed by atoms with van der Waals surface area (Å²) >= 11 is 0. The number of benzene rings is 1. The molecule has 0 bridgehead atoms. The molecular weight excluding hydrogens is 411 g/mol. The van der Waals surface area contributed by atoms with Crippen LogP contribution in [0.5, 0.6) is 5.75 Å². The van der Waals surface area contributed by atoms with Crippen LogP contribution in [-0.4, -0.2) is 48.6 Å². The Kier molecular flexibility index (Phi) is 6.32. The van der Waals surface area contributed by atoms with E-state index in [0.29, 0.717) is 11.6 Å². The summed E-state index contributed by atoms with van der Waals surface area (Å²) in [6.45, 7) is 6.24. The van der Waals surface area contributed by atoms with Gasteiger partial charge in [-0.15, -0.1) is 10.2 Å². The minimum atomic E-state index is -3.84. The van der Waals surface area contributed by atoms with Gasteiger partial charge in [0.1, 0.15) is 5.82 Å². The first kappa shape index (κ1) is 21.7. The quantitative estimate of drug-likeness (QED) is 0.523. The molecule has 160 valence electrons. The fourth-order valence-corrected chi connectivity index (χ4v) is 3.79. The zero-order chi connectivity index (χ0) is 21.9. The van der Waals surface area contributed by atoms with Crippen molar-refractivity contribution in [3.63, 3.8) is 0 Å². The molecule has 0 atom stereocenters. The van der Waals surface area contributed by atoms with E-state index in [1.165, 1.54) is 19.2 Å². The summed E-state index contributed by atoms with van der Waals surface area (Å²) in [5.74, 6) is 0.322. The van der Waals surface area contributed by atoms with Crippen LogP contribution >= 0.6 is 0 Å². The van der Waals surface area contributed by atoms with Gasteiger partial charge in [-0.2, -0.15) is 5.10 Å². The van der Waals surface area contributed by atoms with Crippen molar-refractivity contribution in [2.75, 3.05) is 25.5 Å². The number of nitrogens with zero attached hydrogens (tertiary/aromatic N) is 4. The molecule has 0 saturated heterocycles. The first-order chi connectivity index (χ1) is 14.2. The molecular formula is C19H23FN6O3S. The summed E-state index contributed by atoms with van der Waals surface area (Å²) in [6.07, 6.45) is 0. The predicted octanol–water partition coefficient (Wildman–Crippen LogP) is 2.13. The maximum atomic E-state index is 13.7. The minimum Gasteiger partial charge on any atom is -0.494 e. The van der Waals surface area contributed by atoms with Gasteiger partial charge >= 0.3 is 0 Å². The van der Waals surface area contributed by atoms with Gasteiger partial charge in [-0.05, 0) is 56.7 Å². The fraction of sp³-hybridized carbons (Fsp3) is 0.316. The molecule has 0 unspecified atom stereocenters. The lowest BCUT2D eigenvalue weighted by molar-refractivity contribution is 0.385. The molecule has 9 nitrogen and oxygen atoms in total. The van der Waals surface area contributed by atoms with Crippen LogP contribution in [0.2, 0.25) is 0 Å². The largest absolute Gasteiger partial charge is 0.494 e. The van der Waals surface area contributed by atoms with Crippen molar-refractivity contribution in [3.05, 3.63) is 53.1 Å². The minimum absolute atomic E-state index is 0.0201. The van der Waals surface area contributed by atoms with E-state index in [1.807, 2.05) is 20.8 Å². The highest BCUT2D eigenvalue weighted by Crippen LogP contribution is 2.20. The Hall–Kier alpha value is -3.05.